The lowest BCUT2D eigenvalue weighted by Crippen LogP contribution is -2.23. The van der Waals surface area contributed by atoms with Gasteiger partial charge in [0.1, 0.15) is 9.84 Å². The van der Waals surface area contributed by atoms with Gasteiger partial charge in [0.2, 0.25) is 0 Å². The fourth-order valence-electron chi connectivity index (χ4n) is 0.679. The zero-order chi connectivity index (χ0) is 8.91. The highest BCUT2D eigenvalue weighted by molar-refractivity contribution is 7.91. The molecule has 2 N–H and O–H groups in total. The van der Waals surface area contributed by atoms with Gasteiger partial charge in [0, 0.05) is 11.8 Å². The van der Waals surface area contributed by atoms with Crippen molar-refractivity contribution < 1.29 is 8.42 Å². The molecule has 0 aromatic heterocycles. The summed E-state index contributed by atoms with van der Waals surface area (Å²) in [7, 11) is -2.80. The average molecular weight is 179 g/mol. The van der Waals surface area contributed by atoms with Gasteiger partial charge in [0.15, 0.2) is 0 Å². The second-order valence-corrected chi connectivity index (χ2v) is 5.17. The fraction of sp³-hybridized carbons (Fsp3) is 1.00. The van der Waals surface area contributed by atoms with E-state index in [4.69, 9.17) is 5.73 Å². The Morgan fingerprint density at radius 1 is 1.36 bits per heavy atom. The maximum Gasteiger partial charge on any atom is 0.150 e. The maximum absolute atomic E-state index is 11.0. The molecule has 1 atom stereocenters. The largest absolute Gasteiger partial charge is 0.328 e. The molecule has 0 aromatic rings. The van der Waals surface area contributed by atoms with Crippen LogP contribution in [0, 0.1) is 0 Å². The lowest BCUT2D eigenvalue weighted by Gasteiger charge is -2.07. The topological polar surface area (TPSA) is 60.2 Å². The summed E-state index contributed by atoms with van der Waals surface area (Å²) in [5, 5.41) is 0. The van der Waals surface area contributed by atoms with Gasteiger partial charge in [-0.05, 0) is 12.8 Å². The van der Waals surface area contributed by atoms with Gasteiger partial charge in [0.05, 0.1) is 5.75 Å². The molecule has 0 radical (unpaired) electrons. The summed E-state index contributed by atoms with van der Waals surface area (Å²) in [4.78, 5) is 0. The van der Waals surface area contributed by atoms with Crippen LogP contribution >= 0.6 is 0 Å². The second kappa shape index (κ2) is 4.72. The number of hydrogen-bond donors (Lipinski definition) is 1. The van der Waals surface area contributed by atoms with Gasteiger partial charge in [-0.15, -0.1) is 0 Å². The smallest absolute Gasteiger partial charge is 0.150 e. The van der Waals surface area contributed by atoms with Gasteiger partial charge in [-0.3, -0.25) is 0 Å². The van der Waals surface area contributed by atoms with Crippen LogP contribution in [0.1, 0.15) is 26.7 Å². The summed E-state index contributed by atoms with van der Waals surface area (Å²) in [5.41, 5.74) is 5.57. The number of rotatable bonds is 5. The maximum atomic E-state index is 11.0. The van der Waals surface area contributed by atoms with Crippen molar-refractivity contribution in [3.63, 3.8) is 0 Å². The molecule has 0 heterocycles. The van der Waals surface area contributed by atoms with E-state index in [0.29, 0.717) is 6.42 Å². The van der Waals surface area contributed by atoms with Gasteiger partial charge in [-0.2, -0.15) is 0 Å². The van der Waals surface area contributed by atoms with Crippen LogP contribution in [0.2, 0.25) is 0 Å². The predicted octanol–water partition coefficient (Wildman–Crippen LogP) is 0.548. The van der Waals surface area contributed by atoms with Crippen LogP contribution in [0.4, 0.5) is 0 Å². The molecule has 0 aromatic carbocycles. The van der Waals surface area contributed by atoms with Crippen LogP contribution in [0.15, 0.2) is 0 Å². The molecule has 0 spiro atoms. The molecule has 68 valence electrons. The first-order valence-electron chi connectivity index (χ1n) is 3.97. The highest BCUT2D eigenvalue weighted by atomic mass is 32.2. The Morgan fingerprint density at radius 2 is 1.91 bits per heavy atom. The van der Waals surface area contributed by atoms with E-state index >= 15 is 0 Å². The molecule has 0 bridgehead atoms. The van der Waals surface area contributed by atoms with E-state index in [1.807, 2.05) is 6.92 Å². The van der Waals surface area contributed by atoms with Crippen molar-refractivity contribution in [3.05, 3.63) is 0 Å². The Kier molecular flexibility index (Phi) is 4.68. The van der Waals surface area contributed by atoms with Gasteiger partial charge in [-0.25, -0.2) is 8.42 Å². The lowest BCUT2D eigenvalue weighted by atomic mass is 10.2. The van der Waals surface area contributed by atoms with Crippen molar-refractivity contribution in [3.8, 4) is 0 Å². The van der Waals surface area contributed by atoms with E-state index in [-0.39, 0.29) is 17.5 Å². The van der Waals surface area contributed by atoms with Crippen molar-refractivity contribution >= 4 is 9.84 Å². The van der Waals surface area contributed by atoms with Crippen LogP contribution < -0.4 is 5.73 Å². The Hall–Kier alpha value is -0.0900. The number of hydrogen-bond acceptors (Lipinski definition) is 3. The average Bonchev–Trinajstić information content (AvgIpc) is 2.00. The summed E-state index contributed by atoms with van der Waals surface area (Å²) in [6.45, 7) is 3.62. The molecule has 0 aliphatic rings. The van der Waals surface area contributed by atoms with E-state index < -0.39 is 9.84 Å². The first-order valence-corrected chi connectivity index (χ1v) is 5.80. The standard InChI is InChI=1S/C7H17NO2S/c1-3-7(8)5-6-11(9,10)4-2/h7H,3-6,8H2,1-2H3. The van der Waals surface area contributed by atoms with Crippen LogP contribution in [0.25, 0.3) is 0 Å². The SMILES string of the molecule is CCC(N)CCS(=O)(=O)CC. The summed E-state index contributed by atoms with van der Waals surface area (Å²) in [6, 6.07) is 0.0383. The zero-order valence-electron chi connectivity index (χ0n) is 7.21. The zero-order valence-corrected chi connectivity index (χ0v) is 8.02. The molecular weight excluding hydrogens is 162 g/mol. The molecule has 0 fully saturated rings. The highest BCUT2D eigenvalue weighted by Crippen LogP contribution is 1.98. The van der Waals surface area contributed by atoms with Crippen molar-refractivity contribution in [2.24, 2.45) is 5.73 Å². The molecule has 11 heavy (non-hydrogen) atoms. The molecule has 4 heteroatoms. The van der Waals surface area contributed by atoms with Crippen LogP contribution in [0.3, 0.4) is 0 Å². The quantitative estimate of drug-likeness (QED) is 0.670. The predicted molar refractivity (Wildman–Crippen MR) is 47.2 cm³/mol. The minimum absolute atomic E-state index is 0.0383. The Balaban J connectivity index is 3.71. The first-order chi connectivity index (χ1) is 5.02. The Morgan fingerprint density at radius 3 is 2.27 bits per heavy atom. The molecule has 0 aliphatic carbocycles. The van der Waals surface area contributed by atoms with Crippen LogP contribution in [-0.2, 0) is 9.84 Å². The third-order valence-corrected chi connectivity index (χ3v) is 3.50. The van der Waals surface area contributed by atoms with E-state index in [1.54, 1.807) is 6.92 Å². The first kappa shape index (κ1) is 10.9. The highest BCUT2D eigenvalue weighted by Gasteiger charge is 2.09. The molecule has 0 amide bonds. The number of nitrogens with two attached hydrogens (primary N) is 1. The van der Waals surface area contributed by atoms with Gasteiger partial charge in [0.25, 0.3) is 0 Å². The molecule has 0 saturated carbocycles. The minimum Gasteiger partial charge on any atom is -0.328 e. The third-order valence-electron chi connectivity index (χ3n) is 1.76. The van der Waals surface area contributed by atoms with E-state index in [0.717, 1.165) is 6.42 Å². The monoisotopic (exact) mass is 179 g/mol. The van der Waals surface area contributed by atoms with Gasteiger partial charge >= 0.3 is 0 Å². The molecule has 0 aliphatic heterocycles. The normalized spacial score (nSPS) is 14.8. The Bertz CT molecular complexity index is 187. The summed E-state index contributed by atoms with van der Waals surface area (Å²) >= 11 is 0. The third kappa shape index (κ3) is 5.21. The molecular formula is C7H17NO2S. The van der Waals surface area contributed by atoms with Crippen LogP contribution in [-0.4, -0.2) is 26.0 Å². The molecule has 3 nitrogen and oxygen atoms in total. The fourth-order valence-corrected chi connectivity index (χ4v) is 1.63. The summed E-state index contributed by atoms with van der Waals surface area (Å²) < 4.78 is 21.9. The minimum atomic E-state index is -2.80. The molecule has 1 unspecified atom stereocenters. The molecule has 0 saturated heterocycles. The molecule has 0 rings (SSSR count). The van der Waals surface area contributed by atoms with Crippen LogP contribution in [0.5, 0.6) is 0 Å². The summed E-state index contributed by atoms with van der Waals surface area (Å²) in [5.74, 6) is 0.460. The Labute approximate surface area is 68.9 Å². The number of sulfone groups is 1. The van der Waals surface area contributed by atoms with Gasteiger partial charge < -0.3 is 5.73 Å². The van der Waals surface area contributed by atoms with E-state index in [2.05, 4.69) is 0 Å². The van der Waals surface area contributed by atoms with Crippen molar-refractivity contribution in [1.29, 1.82) is 0 Å². The second-order valence-electron chi connectivity index (χ2n) is 2.69. The van der Waals surface area contributed by atoms with E-state index in [1.165, 1.54) is 0 Å². The lowest BCUT2D eigenvalue weighted by molar-refractivity contribution is 0.578. The van der Waals surface area contributed by atoms with Crippen molar-refractivity contribution in [2.45, 2.75) is 32.7 Å². The van der Waals surface area contributed by atoms with E-state index in [9.17, 15) is 8.42 Å². The van der Waals surface area contributed by atoms with Crippen molar-refractivity contribution in [1.82, 2.24) is 0 Å². The summed E-state index contributed by atoms with van der Waals surface area (Å²) in [6.07, 6.45) is 1.44. The van der Waals surface area contributed by atoms with Gasteiger partial charge in [-0.1, -0.05) is 13.8 Å². The van der Waals surface area contributed by atoms with Crippen molar-refractivity contribution in [2.75, 3.05) is 11.5 Å².